The Kier molecular flexibility index (Phi) is 5.42. The zero-order valence-corrected chi connectivity index (χ0v) is 12.0. The highest BCUT2D eigenvalue weighted by molar-refractivity contribution is 7.91. The molecule has 0 aliphatic rings. The molecule has 1 rings (SSSR count). The maximum absolute atomic E-state index is 13.5. The van der Waals surface area contributed by atoms with Gasteiger partial charge in [-0.3, -0.25) is 4.21 Å². The van der Waals surface area contributed by atoms with Gasteiger partial charge in [-0.25, -0.2) is 17.2 Å². The quantitative estimate of drug-likeness (QED) is 0.807. The second kappa shape index (κ2) is 6.42. The van der Waals surface area contributed by atoms with E-state index in [1.54, 1.807) is 0 Å². The number of benzene rings is 1. The van der Waals surface area contributed by atoms with Crippen LogP contribution in [-0.4, -0.2) is 29.9 Å². The SMILES string of the molecule is CCS(=O)(=O)CCCS(=O)c1c(F)cc(N)cc1F. The number of rotatable bonds is 6. The highest BCUT2D eigenvalue weighted by Gasteiger charge is 2.17. The average Bonchev–Trinajstić information content (AvgIpc) is 2.27. The molecule has 0 fully saturated rings. The summed E-state index contributed by atoms with van der Waals surface area (Å²) >= 11 is 0. The van der Waals surface area contributed by atoms with Crippen LogP contribution in [0.2, 0.25) is 0 Å². The van der Waals surface area contributed by atoms with Gasteiger partial charge in [-0.2, -0.15) is 0 Å². The lowest BCUT2D eigenvalue weighted by Crippen LogP contribution is -2.12. The number of anilines is 1. The van der Waals surface area contributed by atoms with Gasteiger partial charge in [0.05, 0.1) is 16.6 Å². The molecule has 1 aromatic rings. The van der Waals surface area contributed by atoms with Crippen LogP contribution in [0.15, 0.2) is 17.0 Å². The third kappa shape index (κ3) is 4.54. The predicted molar refractivity (Wildman–Crippen MR) is 71.0 cm³/mol. The number of nitrogens with two attached hydrogens (primary N) is 1. The van der Waals surface area contributed by atoms with Crippen LogP contribution in [0.4, 0.5) is 14.5 Å². The molecule has 0 saturated heterocycles. The van der Waals surface area contributed by atoms with Crippen molar-refractivity contribution in [1.82, 2.24) is 0 Å². The first-order chi connectivity index (χ1) is 8.76. The Labute approximate surface area is 113 Å². The van der Waals surface area contributed by atoms with Gasteiger partial charge in [0.2, 0.25) is 0 Å². The molecule has 0 aromatic heterocycles. The standard InChI is InChI=1S/C11H15F2NO3S2/c1-2-19(16,17)5-3-4-18(15)11-9(12)6-8(14)7-10(11)13/h6-7H,2-5,14H2,1H3. The van der Waals surface area contributed by atoms with Crippen molar-refractivity contribution in [3.63, 3.8) is 0 Å². The van der Waals surface area contributed by atoms with Crippen LogP contribution >= 0.6 is 0 Å². The van der Waals surface area contributed by atoms with Gasteiger partial charge in [0.15, 0.2) is 0 Å². The molecule has 0 aliphatic carbocycles. The van der Waals surface area contributed by atoms with Crippen LogP contribution in [0.3, 0.4) is 0 Å². The number of hydrogen-bond acceptors (Lipinski definition) is 4. The molecular formula is C11H15F2NO3S2. The molecule has 0 radical (unpaired) electrons. The van der Waals surface area contributed by atoms with E-state index >= 15 is 0 Å². The summed E-state index contributed by atoms with van der Waals surface area (Å²) in [6.07, 6.45) is 0.0893. The van der Waals surface area contributed by atoms with Gasteiger partial charge in [-0.05, 0) is 18.6 Å². The van der Waals surface area contributed by atoms with Crippen molar-refractivity contribution in [1.29, 1.82) is 0 Å². The molecule has 0 spiro atoms. The smallest absolute Gasteiger partial charge is 0.150 e. The fourth-order valence-electron chi connectivity index (χ4n) is 1.45. The van der Waals surface area contributed by atoms with Crippen molar-refractivity contribution in [2.75, 3.05) is 23.0 Å². The first kappa shape index (κ1) is 16.0. The van der Waals surface area contributed by atoms with Crippen LogP contribution < -0.4 is 5.73 Å². The van der Waals surface area contributed by atoms with Crippen molar-refractivity contribution in [3.8, 4) is 0 Å². The Balaban J connectivity index is 2.75. The number of halogens is 2. The molecule has 0 heterocycles. The van der Waals surface area contributed by atoms with Crippen LogP contribution in [-0.2, 0) is 20.6 Å². The molecule has 1 unspecified atom stereocenters. The summed E-state index contributed by atoms with van der Waals surface area (Å²) in [6, 6.07) is 1.78. The molecule has 2 N–H and O–H groups in total. The minimum absolute atomic E-state index is 0.00969. The highest BCUT2D eigenvalue weighted by atomic mass is 32.2. The Morgan fingerprint density at radius 3 is 2.26 bits per heavy atom. The van der Waals surface area contributed by atoms with Crippen molar-refractivity contribution in [2.45, 2.75) is 18.2 Å². The molecule has 4 nitrogen and oxygen atoms in total. The van der Waals surface area contributed by atoms with Crippen molar-refractivity contribution < 1.29 is 21.4 Å². The first-order valence-electron chi connectivity index (χ1n) is 5.60. The second-order valence-corrected chi connectivity index (χ2v) is 7.93. The lowest BCUT2D eigenvalue weighted by atomic mass is 10.3. The maximum atomic E-state index is 13.5. The zero-order valence-electron chi connectivity index (χ0n) is 10.4. The Hall–Kier alpha value is -1.02. The lowest BCUT2D eigenvalue weighted by Gasteiger charge is -2.06. The molecule has 1 atom stereocenters. The van der Waals surface area contributed by atoms with Crippen LogP contribution in [0.5, 0.6) is 0 Å². The summed E-state index contributed by atoms with van der Waals surface area (Å²) in [5.74, 6) is -2.22. The number of hydrogen-bond donors (Lipinski definition) is 1. The van der Waals surface area contributed by atoms with Gasteiger partial charge >= 0.3 is 0 Å². The molecule has 0 aliphatic heterocycles. The van der Waals surface area contributed by atoms with Crippen molar-refractivity contribution in [2.24, 2.45) is 0 Å². The zero-order chi connectivity index (χ0) is 14.6. The van der Waals surface area contributed by atoms with E-state index in [-0.39, 0.29) is 29.4 Å². The van der Waals surface area contributed by atoms with E-state index in [4.69, 9.17) is 5.73 Å². The third-order valence-corrected chi connectivity index (χ3v) is 5.77. The number of nitrogen functional groups attached to an aromatic ring is 1. The fourth-order valence-corrected chi connectivity index (χ4v) is 3.67. The average molecular weight is 311 g/mol. The Morgan fingerprint density at radius 2 is 1.79 bits per heavy atom. The highest BCUT2D eigenvalue weighted by Crippen LogP contribution is 2.20. The molecule has 0 amide bonds. The first-order valence-corrected chi connectivity index (χ1v) is 8.74. The van der Waals surface area contributed by atoms with E-state index in [2.05, 4.69) is 0 Å². The van der Waals surface area contributed by atoms with E-state index < -0.39 is 37.2 Å². The molecular weight excluding hydrogens is 296 g/mol. The predicted octanol–water partition coefficient (Wildman–Crippen LogP) is 1.48. The van der Waals surface area contributed by atoms with Gasteiger partial charge in [0, 0.05) is 17.2 Å². The van der Waals surface area contributed by atoms with Gasteiger partial charge < -0.3 is 5.73 Å². The molecule has 8 heteroatoms. The van der Waals surface area contributed by atoms with Gasteiger partial charge in [-0.1, -0.05) is 6.92 Å². The van der Waals surface area contributed by atoms with Gasteiger partial charge in [-0.15, -0.1) is 0 Å². The second-order valence-electron chi connectivity index (χ2n) is 3.95. The van der Waals surface area contributed by atoms with Crippen LogP contribution in [0.1, 0.15) is 13.3 Å². The molecule has 0 bridgehead atoms. The minimum Gasteiger partial charge on any atom is -0.399 e. The van der Waals surface area contributed by atoms with Crippen LogP contribution in [0.25, 0.3) is 0 Å². The molecule has 108 valence electrons. The summed E-state index contributed by atoms with van der Waals surface area (Å²) < 4.78 is 61.1. The Bertz CT molecular complexity index is 565. The topological polar surface area (TPSA) is 77.2 Å². The minimum atomic E-state index is -3.17. The summed E-state index contributed by atoms with van der Waals surface area (Å²) in [5, 5.41) is 0. The van der Waals surface area contributed by atoms with E-state index in [1.807, 2.05) is 0 Å². The molecule has 19 heavy (non-hydrogen) atoms. The molecule has 1 aromatic carbocycles. The summed E-state index contributed by atoms with van der Waals surface area (Å²) in [5.41, 5.74) is 5.15. The number of sulfone groups is 1. The van der Waals surface area contributed by atoms with Gasteiger partial charge in [0.25, 0.3) is 0 Å². The maximum Gasteiger partial charge on any atom is 0.150 e. The van der Waals surface area contributed by atoms with E-state index in [1.165, 1.54) is 6.92 Å². The summed E-state index contributed by atoms with van der Waals surface area (Å²) in [7, 11) is -5.09. The van der Waals surface area contributed by atoms with Crippen molar-refractivity contribution >= 4 is 26.3 Å². The monoisotopic (exact) mass is 311 g/mol. The third-order valence-electron chi connectivity index (χ3n) is 2.47. The van der Waals surface area contributed by atoms with E-state index in [9.17, 15) is 21.4 Å². The van der Waals surface area contributed by atoms with E-state index in [0.29, 0.717) is 0 Å². The molecule has 0 saturated carbocycles. The largest absolute Gasteiger partial charge is 0.399 e. The normalized spacial score (nSPS) is 13.4. The van der Waals surface area contributed by atoms with E-state index in [0.717, 1.165) is 12.1 Å². The lowest BCUT2D eigenvalue weighted by molar-refractivity contribution is 0.535. The summed E-state index contributed by atoms with van der Waals surface area (Å²) in [6.45, 7) is 1.51. The van der Waals surface area contributed by atoms with Crippen LogP contribution in [0, 0.1) is 11.6 Å². The summed E-state index contributed by atoms with van der Waals surface area (Å²) in [4.78, 5) is -0.553. The Morgan fingerprint density at radius 1 is 1.26 bits per heavy atom. The fraction of sp³-hybridized carbons (Fsp3) is 0.455. The van der Waals surface area contributed by atoms with Crippen molar-refractivity contribution in [3.05, 3.63) is 23.8 Å². The van der Waals surface area contributed by atoms with Gasteiger partial charge in [0.1, 0.15) is 26.4 Å².